The Bertz CT molecular complexity index is 408. The van der Waals surface area contributed by atoms with Crippen LogP contribution in [0.3, 0.4) is 0 Å². The van der Waals surface area contributed by atoms with Gasteiger partial charge in [0.25, 0.3) is 0 Å². The van der Waals surface area contributed by atoms with Crippen LogP contribution >= 0.6 is 13.4 Å². The second kappa shape index (κ2) is 12.2. The van der Waals surface area contributed by atoms with Gasteiger partial charge >= 0.3 is 0 Å². The van der Waals surface area contributed by atoms with Crippen molar-refractivity contribution in [2.45, 2.75) is 21.8 Å². The highest BCUT2D eigenvalue weighted by molar-refractivity contribution is 8.04. The molecule has 0 bridgehead atoms. The molecule has 1 heterocycles. The summed E-state index contributed by atoms with van der Waals surface area (Å²) in [7, 11) is 0. The molecular weight excluding hydrogens is 364 g/mol. The lowest BCUT2D eigenvalue weighted by Crippen LogP contribution is -2.23. The van der Waals surface area contributed by atoms with Crippen molar-refractivity contribution in [3.05, 3.63) is 5.82 Å². The van der Waals surface area contributed by atoms with E-state index >= 15 is 0 Å². The molecule has 0 saturated heterocycles. The average molecular weight is 379 g/mol. The van der Waals surface area contributed by atoms with E-state index in [1.54, 1.807) is 6.92 Å². The highest BCUT2D eigenvalue weighted by atomic mass is 32.5. The Hall–Kier alpha value is -0.330. The van der Waals surface area contributed by atoms with Crippen LogP contribution in [0.5, 0.6) is 0 Å². The Morgan fingerprint density at radius 1 is 0.762 bits per heavy atom. The molecule has 21 heavy (non-hydrogen) atoms. The zero-order valence-electron chi connectivity index (χ0n) is 9.16. The molecule has 0 spiro atoms. The topological polar surface area (TPSA) is 229 Å². The summed E-state index contributed by atoms with van der Waals surface area (Å²) < 4.78 is 0. The molecule has 4 N–H and O–H groups in total. The summed E-state index contributed by atoms with van der Waals surface area (Å²) in [6.07, 6.45) is 0. The molecule has 11 nitrogen and oxygen atoms in total. The maximum atomic E-state index is 8.92. The van der Waals surface area contributed by atoms with Gasteiger partial charge in [0, 0.05) is 0 Å². The van der Waals surface area contributed by atoms with Gasteiger partial charge in [0.05, 0.1) is 0 Å². The minimum Gasteiger partial charge on any atom is -0.844 e. The molecule has 15 heteroatoms. The lowest BCUT2D eigenvalue weighted by atomic mass is 10.7. The molecule has 0 aliphatic carbocycles. The van der Waals surface area contributed by atoms with Gasteiger partial charge in [0.2, 0.25) is 11.9 Å². The SMILES string of the molecule is C.C.Cc1nc(N)nc(N)n1.[O-]P([O-])([O-])=S.[O-]P([O-])([O-])=S. The normalized spacial score (nSPS) is 9.67. The Morgan fingerprint density at radius 2 is 0.952 bits per heavy atom. The summed E-state index contributed by atoms with van der Waals surface area (Å²) in [5.74, 6) is 0.875. The molecule has 1 rings (SSSR count). The zero-order chi connectivity index (χ0) is 15.9. The zero-order valence-corrected chi connectivity index (χ0v) is 12.6. The smallest absolute Gasteiger partial charge is 0.225 e. The van der Waals surface area contributed by atoms with Crippen LogP contribution in [0.15, 0.2) is 0 Å². The minimum absolute atomic E-state index is 0. The highest BCUT2D eigenvalue weighted by Crippen LogP contribution is 2.04. The molecule has 0 aliphatic rings. The Labute approximate surface area is 132 Å². The molecule has 0 saturated carbocycles. The lowest BCUT2D eigenvalue weighted by molar-refractivity contribution is -0.413. The van der Waals surface area contributed by atoms with Crippen LogP contribution in [0.25, 0.3) is 0 Å². The van der Waals surface area contributed by atoms with Crippen LogP contribution in [-0.2, 0) is 23.6 Å². The molecule has 1 aromatic rings. The van der Waals surface area contributed by atoms with E-state index in [0.29, 0.717) is 5.82 Å². The van der Waals surface area contributed by atoms with E-state index in [2.05, 4.69) is 38.6 Å². The van der Waals surface area contributed by atoms with Crippen LogP contribution < -0.4 is 40.8 Å². The van der Waals surface area contributed by atoms with Gasteiger partial charge in [0.1, 0.15) is 5.82 Å². The molecule has 128 valence electrons. The molecule has 0 aliphatic heterocycles. The number of aromatic nitrogens is 3. The summed E-state index contributed by atoms with van der Waals surface area (Å²) >= 11 is 6.54. The van der Waals surface area contributed by atoms with E-state index in [0.717, 1.165) is 0 Å². The van der Waals surface area contributed by atoms with Crippen molar-refractivity contribution in [2.75, 3.05) is 11.5 Å². The van der Waals surface area contributed by atoms with Crippen LogP contribution in [0, 0.1) is 6.92 Å². The third kappa shape index (κ3) is 45.1. The van der Waals surface area contributed by atoms with Crippen molar-refractivity contribution in [1.29, 1.82) is 0 Å². The van der Waals surface area contributed by atoms with Crippen molar-refractivity contribution < 1.29 is 29.4 Å². The van der Waals surface area contributed by atoms with Crippen molar-refractivity contribution in [3.63, 3.8) is 0 Å². The maximum Gasteiger partial charge on any atom is 0.225 e. The van der Waals surface area contributed by atoms with Crippen molar-refractivity contribution in [1.82, 2.24) is 15.0 Å². The third-order valence-electron chi connectivity index (χ3n) is 0.782. The van der Waals surface area contributed by atoms with Crippen molar-refractivity contribution >= 4 is 48.9 Å². The Balaban J connectivity index is -0.000000106. The fourth-order valence-electron chi connectivity index (χ4n) is 0.524. The first-order chi connectivity index (χ1) is 8.18. The molecule has 0 unspecified atom stereocenters. The van der Waals surface area contributed by atoms with E-state index in [1.165, 1.54) is 0 Å². The van der Waals surface area contributed by atoms with Gasteiger partial charge in [-0.25, -0.2) is 0 Å². The van der Waals surface area contributed by atoms with Gasteiger partial charge in [-0.15, -0.1) is 0 Å². The number of hydrogen-bond acceptors (Lipinski definition) is 13. The minimum atomic E-state index is -4.56. The molecule has 0 atom stereocenters. The standard InChI is InChI=1S/C4H7N5.2CH4.2H3O3PS/c1-2-7-3(5)9-4(6)8-2;;;2*1-4(2,3)5/h1H3,(H4,5,6,7,8,9);2*1H4;2*(H3,1,2,3,5)/p-6. The molecule has 0 amide bonds. The van der Waals surface area contributed by atoms with E-state index in [9.17, 15) is 0 Å². The second-order valence-electron chi connectivity index (χ2n) is 2.49. The fraction of sp³-hybridized carbons (Fsp3) is 0.500. The predicted molar refractivity (Wildman–Crippen MR) is 75.4 cm³/mol. The van der Waals surface area contributed by atoms with Crippen molar-refractivity contribution in [2.24, 2.45) is 0 Å². The van der Waals surface area contributed by atoms with Gasteiger partial charge in [-0.05, 0) is 6.92 Å². The number of hydrogen-bond donors (Lipinski definition) is 2. The summed E-state index contributed by atoms with van der Waals surface area (Å²) in [4.78, 5) is 64.5. The number of rotatable bonds is 0. The van der Waals surface area contributed by atoms with Crippen molar-refractivity contribution in [3.8, 4) is 0 Å². The Kier molecular flexibility index (Phi) is 16.8. The van der Waals surface area contributed by atoms with Crippen LogP contribution in [0.4, 0.5) is 11.9 Å². The second-order valence-corrected chi connectivity index (χ2v) is 6.97. The van der Waals surface area contributed by atoms with Gasteiger partial charge in [-0.2, -0.15) is 38.6 Å². The number of nitrogens with two attached hydrogens (primary N) is 2. The fourth-order valence-corrected chi connectivity index (χ4v) is 0.524. The summed E-state index contributed by atoms with van der Waals surface area (Å²) in [5, 5.41) is 0. The van der Waals surface area contributed by atoms with Gasteiger partial charge in [-0.1, -0.05) is 14.9 Å². The van der Waals surface area contributed by atoms with Gasteiger partial charge in [-0.3, -0.25) is 0 Å². The largest absolute Gasteiger partial charge is 0.844 e. The average Bonchev–Trinajstić information content (AvgIpc) is 1.91. The summed E-state index contributed by atoms with van der Waals surface area (Å²) in [5.41, 5.74) is 10.4. The maximum absolute atomic E-state index is 8.92. The predicted octanol–water partition coefficient (Wildman–Crippen LogP) is -4.80. The summed E-state index contributed by atoms with van der Waals surface area (Å²) in [6.45, 7) is -7.41. The molecular formula is C6H15N5O6P2S2-6. The first kappa shape index (κ1) is 28.8. The number of aryl methyl sites for hydroxylation is 1. The van der Waals surface area contributed by atoms with E-state index in [1.807, 2.05) is 0 Å². The van der Waals surface area contributed by atoms with E-state index in [-0.39, 0.29) is 26.7 Å². The first-order valence-corrected chi connectivity index (χ1v) is 8.99. The van der Waals surface area contributed by atoms with Gasteiger partial charge in [0.15, 0.2) is 0 Å². The van der Waals surface area contributed by atoms with Gasteiger partial charge < -0.3 is 54.3 Å². The first-order valence-electron chi connectivity index (χ1n) is 3.88. The molecule has 0 radical (unpaired) electrons. The summed E-state index contributed by atoms with van der Waals surface area (Å²) in [6, 6.07) is 0. The number of anilines is 2. The third-order valence-corrected chi connectivity index (χ3v) is 0.782. The number of nitrogen functional groups attached to an aromatic ring is 2. The van der Waals surface area contributed by atoms with E-state index < -0.39 is 13.4 Å². The van der Waals surface area contributed by atoms with Crippen LogP contribution in [0.2, 0.25) is 0 Å². The molecule has 0 fully saturated rings. The Morgan fingerprint density at radius 3 is 1.10 bits per heavy atom. The molecule has 1 aromatic heterocycles. The number of nitrogens with zero attached hydrogens (tertiary/aromatic N) is 3. The highest BCUT2D eigenvalue weighted by Gasteiger charge is 1.93. The van der Waals surface area contributed by atoms with E-state index in [4.69, 9.17) is 40.8 Å². The molecule has 0 aromatic carbocycles. The lowest BCUT2D eigenvalue weighted by Gasteiger charge is -2.43. The van der Waals surface area contributed by atoms with Crippen LogP contribution in [-0.4, -0.2) is 15.0 Å². The van der Waals surface area contributed by atoms with Crippen LogP contribution in [0.1, 0.15) is 20.7 Å². The quantitative estimate of drug-likeness (QED) is 0.403. The monoisotopic (exact) mass is 379 g/mol.